The summed E-state index contributed by atoms with van der Waals surface area (Å²) >= 11 is 0. The Bertz CT molecular complexity index is 993. The highest BCUT2D eigenvalue weighted by molar-refractivity contribution is 5.78. The van der Waals surface area contributed by atoms with E-state index in [0.717, 1.165) is 24.6 Å². The lowest BCUT2D eigenvalue weighted by molar-refractivity contribution is 0.150. The molecule has 1 N–H and O–H groups in total. The van der Waals surface area contributed by atoms with Crippen LogP contribution in [0.25, 0.3) is 11.1 Å². The summed E-state index contributed by atoms with van der Waals surface area (Å²) in [6.45, 7) is 2.74. The fourth-order valence-corrected chi connectivity index (χ4v) is 3.96. The van der Waals surface area contributed by atoms with E-state index in [1.54, 1.807) is 4.90 Å². The summed E-state index contributed by atoms with van der Waals surface area (Å²) in [5.41, 5.74) is 3.38. The van der Waals surface area contributed by atoms with Crippen molar-refractivity contribution in [3.8, 4) is 11.1 Å². The maximum atomic E-state index is 11.8. The molecule has 0 radical (unpaired) electrons. The van der Waals surface area contributed by atoms with Crippen LogP contribution in [0.3, 0.4) is 0 Å². The number of aromatic nitrogens is 4. The zero-order valence-electron chi connectivity index (χ0n) is 15.6. The lowest BCUT2D eigenvalue weighted by Crippen LogP contribution is -2.69. The van der Waals surface area contributed by atoms with Gasteiger partial charge >= 0.3 is 6.03 Å². The van der Waals surface area contributed by atoms with Gasteiger partial charge in [0.2, 0.25) is 5.95 Å². The second-order valence-corrected chi connectivity index (χ2v) is 7.50. The maximum Gasteiger partial charge on any atom is 0.317 e. The molecule has 3 heterocycles. The molecule has 0 unspecified atom stereocenters. The fraction of sp³-hybridized carbons (Fsp3) is 0.300. The first-order valence-electron chi connectivity index (χ1n) is 9.32. The summed E-state index contributed by atoms with van der Waals surface area (Å²) in [5.74, 6) is 0.741. The third-order valence-corrected chi connectivity index (χ3v) is 5.74. The number of nitrogens with zero attached hydrogens (tertiary/aromatic N) is 6. The number of tetrazole rings is 1. The highest BCUT2D eigenvalue weighted by Crippen LogP contribution is 2.32. The van der Waals surface area contributed by atoms with Crippen LogP contribution >= 0.6 is 0 Å². The molecule has 2 fully saturated rings. The summed E-state index contributed by atoms with van der Waals surface area (Å²) in [4.78, 5) is 15.7. The van der Waals surface area contributed by atoms with Gasteiger partial charge in [0, 0.05) is 26.7 Å². The van der Waals surface area contributed by atoms with Gasteiger partial charge in [0.1, 0.15) is 0 Å². The molecule has 5 rings (SSSR count). The lowest BCUT2D eigenvalue weighted by Gasteiger charge is -2.50. The second kappa shape index (κ2) is 6.33. The van der Waals surface area contributed by atoms with E-state index in [0.29, 0.717) is 13.1 Å². The summed E-state index contributed by atoms with van der Waals surface area (Å²) in [6, 6.07) is 18.8. The van der Waals surface area contributed by atoms with E-state index in [1.165, 1.54) is 11.1 Å². The van der Waals surface area contributed by atoms with E-state index < -0.39 is 0 Å². The van der Waals surface area contributed by atoms with E-state index in [4.69, 9.17) is 0 Å². The number of likely N-dealkylation sites (N-methyl/N-ethyl adjacent to an activating group) is 1. The Kier molecular flexibility index (Phi) is 3.78. The first-order valence-corrected chi connectivity index (χ1v) is 9.32. The molecule has 0 atom stereocenters. The molecule has 0 bridgehead atoms. The highest BCUT2D eigenvalue weighted by atomic mass is 16.2. The van der Waals surface area contributed by atoms with E-state index >= 15 is 0 Å². The van der Waals surface area contributed by atoms with Crippen LogP contribution < -0.4 is 10.2 Å². The number of urea groups is 1. The Morgan fingerprint density at radius 3 is 2.43 bits per heavy atom. The first kappa shape index (κ1) is 16.7. The van der Waals surface area contributed by atoms with Gasteiger partial charge in [-0.05, 0) is 27.1 Å². The Balaban J connectivity index is 1.29. The number of carbonyl (C=O) groups is 1. The Morgan fingerprint density at radius 2 is 1.75 bits per heavy atom. The van der Waals surface area contributed by atoms with Crippen molar-refractivity contribution in [3.63, 3.8) is 0 Å². The lowest BCUT2D eigenvalue weighted by atomic mass is 9.90. The summed E-state index contributed by atoms with van der Waals surface area (Å²) in [7, 11) is 1.84. The van der Waals surface area contributed by atoms with E-state index in [2.05, 4.69) is 62.1 Å². The molecule has 0 saturated carbocycles. The SMILES string of the molecule is CN1C(=O)NCC12CN(c1nnnn1Cc1ccc(-c3ccccc3)cc1)C2. The average Bonchev–Trinajstić information content (AvgIpc) is 3.27. The normalized spacial score (nSPS) is 17.7. The standard InChI is InChI=1S/C20H21N7O/c1-25-19(28)21-12-20(25)13-26(14-20)18-22-23-24-27(18)11-15-7-9-17(10-8-15)16-5-3-2-4-6-16/h2-10H,11-14H2,1H3,(H,21,28). The number of nitrogens with one attached hydrogen (secondary N) is 1. The van der Waals surface area contributed by atoms with Gasteiger partial charge in [0.05, 0.1) is 12.1 Å². The van der Waals surface area contributed by atoms with Crippen molar-refractivity contribution in [2.75, 3.05) is 31.6 Å². The average molecular weight is 375 g/mol. The summed E-state index contributed by atoms with van der Waals surface area (Å²) in [5, 5.41) is 15.1. The smallest absolute Gasteiger partial charge is 0.317 e. The van der Waals surface area contributed by atoms with Crippen LogP contribution in [0.1, 0.15) is 5.56 Å². The predicted octanol–water partition coefficient (Wildman–Crippen LogP) is 1.60. The van der Waals surface area contributed by atoms with Crippen molar-refractivity contribution in [1.29, 1.82) is 0 Å². The molecule has 2 aliphatic rings. The zero-order chi connectivity index (χ0) is 19.1. The number of carbonyl (C=O) groups excluding carboxylic acids is 1. The predicted molar refractivity (Wildman–Crippen MR) is 105 cm³/mol. The van der Waals surface area contributed by atoms with E-state index in [9.17, 15) is 4.79 Å². The zero-order valence-corrected chi connectivity index (χ0v) is 15.6. The summed E-state index contributed by atoms with van der Waals surface area (Å²) < 4.78 is 1.81. The van der Waals surface area contributed by atoms with Crippen LogP contribution in [0.5, 0.6) is 0 Å². The van der Waals surface area contributed by atoms with Gasteiger partial charge in [0.15, 0.2) is 0 Å². The number of hydrogen-bond donors (Lipinski definition) is 1. The molecule has 2 aromatic carbocycles. The van der Waals surface area contributed by atoms with Crippen molar-refractivity contribution in [2.24, 2.45) is 0 Å². The van der Waals surface area contributed by atoms with Crippen molar-refractivity contribution < 1.29 is 4.79 Å². The number of amides is 2. The van der Waals surface area contributed by atoms with Gasteiger partial charge in [-0.2, -0.15) is 0 Å². The van der Waals surface area contributed by atoms with E-state index in [1.807, 2.05) is 29.9 Å². The van der Waals surface area contributed by atoms with Gasteiger partial charge in [-0.25, -0.2) is 9.48 Å². The molecule has 2 amide bonds. The van der Waals surface area contributed by atoms with Crippen LogP contribution in [0.4, 0.5) is 10.7 Å². The quantitative estimate of drug-likeness (QED) is 0.749. The maximum absolute atomic E-state index is 11.8. The number of rotatable bonds is 4. The van der Waals surface area contributed by atoms with Gasteiger partial charge in [-0.1, -0.05) is 59.7 Å². The minimum Gasteiger partial charge on any atom is -0.335 e. The number of benzene rings is 2. The molecule has 0 aliphatic carbocycles. The van der Waals surface area contributed by atoms with Gasteiger partial charge in [-0.3, -0.25) is 0 Å². The minimum absolute atomic E-state index is 0.0160. The molecule has 1 spiro atoms. The molecular formula is C20H21N7O. The topological polar surface area (TPSA) is 79.2 Å². The number of hydrogen-bond acceptors (Lipinski definition) is 5. The van der Waals surface area contributed by atoms with Crippen LogP contribution in [0, 0.1) is 0 Å². The van der Waals surface area contributed by atoms with Crippen LogP contribution in [0.2, 0.25) is 0 Å². The highest BCUT2D eigenvalue weighted by Gasteiger charge is 2.53. The Labute approximate surface area is 162 Å². The Morgan fingerprint density at radius 1 is 1.04 bits per heavy atom. The third kappa shape index (κ3) is 2.69. The molecule has 1 aromatic heterocycles. The van der Waals surface area contributed by atoms with Crippen molar-refractivity contribution in [3.05, 3.63) is 60.2 Å². The monoisotopic (exact) mass is 375 g/mol. The third-order valence-electron chi connectivity index (χ3n) is 5.74. The molecule has 142 valence electrons. The van der Waals surface area contributed by atoms with Gasteiger partial charge < -0.3 is 15.1 Å². The summed E-state index contributed by atoms with van der Waals surface area (Å²) in [6.07, 6.45) is 0. The fourth-order valence-electron chi connectivity index (χ4n) is 3.96. The molecule has 28 heavy (non-hydrogen) atoms. The minimum atomic E-state index is -0.148. The first-order chi connectivity index (χ1) is 13.6. The molecule has 8 heteroatoms. The van der Waals surface area contributed by atoms with Crippen LogP contribution in [-0.2, 0) is 6.54 Å². The van der Waals surface area contributed by atoms with Crippen molar-refractivity contribution in [1.82, 2.24) is 30.4 Å². The van der Waals surface area contributed by atoms with Gasteiger partial charge in [-0.15, -0.1) is 0 Å². The van der Waals surface area contributed by atoms with Crippen LogP contribution in [-0.4, -0.2) is 63.4 Å². The second-order valence-electron chi connectivity index (χ2n) is 7.50. The molecular weight excluding hydrogens is 354 g/mol. The molecule has 2 saturated heterocycles. The number of anilines is 1. The molecule has 2 aliphatic heterocycles. The largest absolute Gasteiger partial charge is 0.335 e. The van der Waals surface area contributed by atoms with Crippen molar-refractivity contribution in [2.45, 2.75) is 12.1 Å². The Hall–Kier alpha value is -3.42. The van der Waals surface area contributed by atoms with Crippen LogP contribution in [0.15, 0.2) is 54.6 Å². The molecule has 8 nitrogen and oxygen atoms in total. The van der Waals surface area contributed by atoms with Gasteiger partial charge in [0.25, 0.3) is 0 Å². The molecule has 3 aromatic rings. The van der Waals surface area contributed by atoms with E-state index in [-0.39, 0.29) is 11.6 Å². The van der Waals surface area contributed by atoms with Crippen molar-refractivity contribution >= 4 is 12.0 Å².